The maximum atomic E-state index is 14.1. The van der Waals surface area contributed by atoms with Gasteiger partial charge in [0.05, 0.1) is 11.4 Å². The lowest BCUT2D eigenvalue weighted by Gasteiger charge is -2.10. The molecule has 0 aliphatic heterocycles. The van der Waals surface area contributed by atoms with Crippen molar-refractivity contribution in [2.75, 3.05) is 5.75 Å². The fraction of sp³-hybridized carbons (Fsp3) is 0.250. The minimum Gasteiger partial charge on any atom is -0.481 e. The zero-order valence-corrected chi connectivity index (χ0v) is 12.9. The molecule has 0 aliphatic carbocycles. The van der Waals surface area contributed by atoms with Crippen molar-refractivity contribution in [1.82, 2.24) is 14.8 Å². The summed E-state index contributed by atoms with van der Waals surface area (Å²) in [4.78, 5) is 10.6. The van der Waals surface area contributed by atoms with E-state index in [1.807, 2.05) is 6.92 Å². The third-order valence-electron chi connectivity index (χ3n) is 2.49. The molecule has 0 amide bonds. The molecule has 2 rings (SSSR count). The van der Waals surface area contributed by atoms with Gasteiger partial charge in [-0.25, -0.2) is 4.39 Å². The smallest absolute Gasteiger partial charge is 0.313 e. The number of aliphatic carboxylic acids is 1. The van der Waals surface area contributed by atoms with Crippen LogP contribution in [-0.2, 0) is 11.2 Å². The molecular formula is C12H11BrFN3O2S. The summed E-state index contributed by atoms with van der Waals surface area (Å²) in [6, 6.07) is 4.66. The van der Waals surface area contributed by atoms with E-state index in [2.05, 4.69) is 26.1 Å². The average molecular weight is 360 g/mol. The Morgan fingerprint density at radius 3 is 2.85 bits per heavy atom. The average Bonchev–Trinajstić information content (AvgIpc) is 2.79. The minimum atomic E-state index is -0.959. The maximum Gasteiger partial charge on any atom is 0.313 e. The Kier molecular flexibility index (Phi) is 4.77. The van der Waals surface area contributed by atoms with Crippen molar-refractivity contribution < 1.29 is 14.3 Å². The fourth-order valence-electron chi connectivity index (χ4n) is 1.65. The summed E-state index contributed by atoms with van der Waals surface area (Å²) in [6.45, 7) is 1.88. The highest BCUT2D eigenvalue weighted by atomic mass is 79.9. The number of carbonyl (C=O) groups is 1. The number of hydrogen-bond donors (Lipinski definition) is 1. The second-order valence-corrected chi connectivity index (χ2v) is 5.72. The van der Waals surface area contributed by atoms with Gasteiger partial charge in [-0.2, -0.15) is 0 Å². The summed E-state index contributed by atoms with van der Waals surface area (Å²) in [6.07, 6.45) is 0.566. The van der Waals surface area contributed by atoms with Gasteiger partial charge in [0.1, 0.15) is 11.6 Å². The molecule has 106 valence electrons. The zero-order valence-electron chi connectivity index (χ0n) is 10.5. The number of benzene rings is 1. The van der Waals surface area contributed by atoms with Gasteiger partial charge in [-0.3, -0.25) is 9.36 Å². The second kappa shape index (κ2) is 6.36. The van der Waals surface area contributed by atoms with E-state index in [0.29, 0.717) is 27.6 Å². The number of carboxylic acid groups (broad SMARTS) is 1. The van der Waals surface area contributed by atoms with Crippen LogP contribution in [0.5, 0.6) is 0 Å². The molecule has 2 aromatic rings. The van der Waals surface area contributed by atoms with Crippen LogP contribution in [0, 0.1) is 5.82 Å². The molecule has 0 radical (unpaired) electrons. The summed E-state index contributed by atoms with van der Waals surface area (Å²) in [7, 11) is 0. The van der Waals surface area contributed by atoms with Crippen LogP contribution in [-0.4, -0.2) is 31.6 Å². The molecule has 1 aromatic heterocycles. The third kappa shape index (κ3) is 3.18. The lowest BCUT2D eigenvalue weighted by Crippen LogP contribution is -2.06. The summed E-state index contributed by atoms with van der Waals surface area (Å²) in [5.74, 6) is -0.955. The van der Waals surface area contributed by atoms with Crippen molar-refractivity contribution in [1.29, 1.82) is 0 Å². The molecule has 0 saturated carbocycles. The van der Waals surface area contributed by atoms with Gasteiger partial charge in [0.25, 0.3) is 0 Å². The lowest BCUT2D eigenvalue weighted by molar-refractivity contribution is -0.133. The molecule has 1 aromatic carbocycles. The van der Waals surface area contributed by atoms with Crippen LogP contribution in [0.3, 0.4) is 0 Å². The third-order valence-corrected chi connectivity index (χ3v) is 3.90. The molecule has 0 fully saturated rings. The number of hydrogen-bond acceptors (Lipinski definition) is 4. The first-order chi connectivity index (χ1) is 9.52. The molecule has 0 bridgehead atoms. The molecule has 0 saturated heterocycles. The Hall–Kier alpha value is -1.41. The number of thioether (sulfide) groups is 1. The van der Waals surface area contributed by atoms with Crippen LogP contribution in [0.1, 0.15) is 12.7 Å². The highest BCUT2D eigenvalue weighted by Gasteiger charge is 2.17. The molecule has 20 heavy (non-hydrogen) atoms. The van der Waals surface area contributed by atoms with Gasteiger partial charge < -0.3 is 5.11 Å². The van der Waals surface area contributed by atoms with Crippen LogP contribution in [0.2, 0.25) is 0 Å². The summed E-state index contributed by atoms with van der Waals surface area (Å²) in [5.41, 5.74) is 0.308. The van der Waals surface area contributed by atoms with Crippen molar-refractivity contribution in [2.24, 2.45) is 0 Å². The van der Waals surface area contributed by atoms with Crippen molar-refractivity contribution in [3.8, 4) is 5.69 Å². The van der Waals surface area contributed by atoms with Crippen LogP contribution in [0.25, 0.3) is 5.69 Å². The SMILES string of the molecule is CCc1nnc(SCC(=O)O)n1-c1ccc(Br)cc1F. The van der Waals surface area contributed by atoms with E-state index >= 15 is 0 Å². The van der Waals surface area contributed by atoms with E-state index < -0.39 is 11.8 Å². The second-order valence-electron chi connectivity index (χ2n) is 3.87. The van der Waals surface area contributed by atoms with E-state index in [1.54, 1.807) is 16.7 Å². The van der Waals surface area contributed by atoms with E-state index in [4.69, 9.17) is 5.11 Å². The molecule has 0 spiro atoms. The van der Waals surface area contributed by atoms with E-state index in [-0.39, 0.29) is 5.75 Å². The Labute approximate surface area is 127 Å². The van der Waals surface area contributed by atoms with Crippen molar-refractivity contribution in [3.05, 3.63) is 34.3 Å². The highest BCUT2D eigenvalue weighted by Crippen LogP contribution is 2.25. The van der Waals surface area contributed by atoms with Gasteiger partial charge in [-0.1, -0.05) is 34.6 Å². The number of halogens is 2. The summed E-state index contributed by atoms with van der Waals surface area (Å²) >= 11 is 4.21. The van der Waals surface area contributed by atoms with Gasteiger partial charge in [-0.15, -0.1) is 10.2 Å². The Morgan fingerprint density at radius 1 is 1.50 bits per heavy atom. The summed E-state index contributed by atoms with van der Waals surface area (Å²) < 4.78 is 16.3. The van der Waals surface area contributed by atoms with Gasteiger partial charge in [0.15, 0.2) is 5.16 Å². The number of aromatic nitrogens is 3. The molecule has 8 heteroatoms. The molecular weight excluding hydrogens is 349 g/mol. The monoisotopic (exact) mass is 359 g/mol. The number of rotatable bonds is 5. The van der Waals surface area contributed by atoms with Crippen LogP contribution >= 0.6 is 27.7 Å². The van der Waals surface area contributed by atoms with Gasteiger partial charge in [0, 0.05) is 10.9 Å². The van der Waals surface area contributed by atoms with Crippen molar-refractivity contribution in [3.63, 3.8) is 0 Å². The van der Waals surface area contributed by atoms with Gasteiger partial charge in [-0.05, 0) is 18.2 Å². The quantitative estimate of drug-likeness (QED) is 0.831. The molecule has 0 atom stereocenters. The molecule has 0 aliphatic rings. The molecule has 5 nitrogen and oxygen atoms in total. The minimum absolute atomic E-state index is 0.153. The normalized spacial score (nSPS) is 10.8. The Bertz CT molecular complexity index is 648. The number of carboxylic acids is 1. The fourth-order valence-corrected chi connectivity index (χ4v) is 2.67. The predicted molar refractivity (Wildman–Crippen MR) is 76.8 cm³/mol. The molecule has 0 unspecified atom stereocenters. The number of nitrogens with zero attached hydrogens (tertiary/aromatic N) is 3. The maximum absolute atomic E-state index is 14.1. The van der Waals surface area contributed by atoms with Crippen molar-refractivity contribution >= 4 is 33.7 Å². The van der Waals surface area contributed by atoms with E-state index in [1.165, 1.54) is 6.07 Å². The van der Waals surface area contributed by atoms with E-state index in [9.17, 15) is 9.18 Å². The topological polar surface area (TPSA) is 68.0 Å². The highest BCUT2D eigenvalue weighted by molar-refractivity contribution is 9.10. The van der Waals surface area contributed by atoms with E-state index in [0.717, 1.165) is 11.8 Å². The summed E-state index contributed by atoms with van der Waals surface area (Å²) in [5, 5.41) is 17.0. The first kappa shape index (κ1) is 15.0. The standard InChI is InChI=1S/C12H11BrFN3O2S/c1-2-10-15-16-12(20-6-11(18)19)17(10)9-4-3-7(13)5-8(9)14/h3-5H,2,6H2,1H3,(H,18,19). The molecule has 1 N–H and O–H groups in total. The largest absolute Gasteiger partial charge is 0.481 e. The van der Waals surface area contributed by atoms with Gasteiger partial charge >= 0.3 is 5.97 Å². The predicted octanol–water partition coefficient (Wildman–Crippen LogP) is 2.91. The first-order valence-corrected chi connectivity index (χ1v) is 7.55. The molecule has 1 heterocycles. The lowest BCUT2D eigenvalue weighted by atomic mass is 10.3. The zero-order chi connectivity index (χ0) is 14.7. The Morgan fingerprint density at radius 2 is 2.25 bits per heavy atom. The van der Waals surface area contributed by atoms with Crippen molar-refractivity contribution in [2.45, 2.75) is 18.5 Å². The first-order valence-electron chi connectivity index (χ1n) is 5.77. The number of aryl methyl sites for hydroxylation is 1. The van der Waals surface area contributed by atoms with Crippen LogP contribution in [0.15, 0.2) is 27.8 Å². The Balaban J connectivity index is 2.47. The van der Waals surface area contributed by atoms with Gasteiger partial charge in [0.2, 0.25) is 0 Å². The van der Waals surface area contributed by atoms with Crippen LogP contribution < -0.4 is 0 Å². The van der Waals surface area contributed by atoms with Crippen LogP contribution in [0.4, 0.5) is 4.39 Å².